The summed E-state index contributed by atoms with van der Waals surface area (Å²) in [5.41, 5.74) is 7.42. The highest BCUT2D eigenvalue weighted by molar-refractivity contribution is 9.10. The van der Waals surface area contributed by atoms with Crippen LogP contribution in [0.4, 0.5) is 5.95 Å². The Hall–Kier alpha value is -2.26. The molecule has 1 heterocycles. The lowest BCUT2D eigenvalue weighted by Crippen LogP contribution is -1.97. The highest BCUT2D eigenvalue weighted by Gasteiger charge is 2.02. The average molecular weight is 333 g/mol. The monoisotopic (exact) mass is 332 g/mol. The summed E-state index contributed by atoms with van der Waals surface area (Å²) in [6.07, 6.45) is 8.60. The summed E-state index contributed by atoms with van der Waals surface area (Å²) in [6.45, 7) is 2.09. The zero-order valence-corrected chi connectivity index (χ0v) is 12.5. The van der Waals surface area contributed by atoms with Gasteiger partial charge in [-0.05, 0) is 46.6 Å². The van der Waals surface area contributed by atoms with Gasteiger partial charge in [0.25, 0.3) is 0 Å². The molecule has 0 aliphatic rings. The van der Waals surface area contributed by atoms with Gasteiger partial charge in [-0.25, -0.2) is 9.66 Å². The van der Waals surface area contributed by atoms with E-state index in [1.807, 2.05) is 25.1 Å². The van der Waals surface area contributed by atoms with Gasteiger partial charge in [0.2, 0.25) is 5.95 Å². The Labute approximate surface area is 125 Å². The Morgan fingerprint density at radius 2 is 2.40 bits per heavy atom. The van der Waals surface area contributed by atoms with E-state index in [0.717, 1.165) is 15.7 Å². The van der Waals surface area contributed by atoms with Crippen LogP contribution in [0.2, 0.25) is 0 Å². The van der Waals surface area contributed by atoms with E-state index in [2.05, 4.69) is 31.9 Å². The number of ether oxygens (including phenoxy) is 1. The third kappa shape index (κ3) is 3.39. The van der Waals surface area contributed by atoms with Crippen molar-refractivity contribution in [3.8, 4) is 18.1 Å². The number of terminal acetylenes is 1. The average Bonchev–Trinajstić information content (AvgIpc) is 2.73. The van der Waals surface area contributed by atoms with E-state index in [0.29, 0.717) is 11.7 Å². The second kappa shape index (κ2) is 6.26. The SMILES string of the molecule is C#CCOc1ccc(C=Nn2cc(C)nc2N)cc1Br. The van der Waals surface area contributed by atoms with Gasteiger partial charge in [-0.1, -0.05) is 5.92 Å². The van der Waals surface area contributed by atoms with Crippen LogP contribution in [0.1, 0.15) is 11.3 Å². The lowest BCUT2D eigenvalue weighted by atomic mass is 10.2. The van der Waals surface area contributed by atoms with Gasteiger partial charge >= 0.3 is 0 Å². The molecule has 1 aromatic carbocycles. The van der Waals surface area contributed by atoms with Gasteiger partial charge in [-0.3, -0.25) is 0 Å². The van der Waals surface area contributed by atoms with Crippen LogP contribution in [0, 0.1) is 19.3 Å². The van der Waals surface area contributed by atoms with E-state index in [1.54, 1.807) is 12.4 Å². The van der Waals surface area contributed by atoms with Crippen molar-refractivity contribution in [2.75, 3.05) is 12.3 Å². The molecule has 102 valence electrons. The molecule has 0 bridgehead atoms. The molecule has 20 heavy (non-hydrogen) atoms. The maximum atomic E-state index is 5.70. The molecule has 2 rings (SSSR count). The van der Waals surface area contributed by atoms with Gasteiger partial charge in [-0.15, -0.1) is 6.42 Å². The highest BCUT2D eigenvalue weighted by Crippen LogP contribution is 2.25. The molecule has 2 N–H and O–H groups in total. The maximum Gasteiger partial charge on any atom is 0.221 e. The smallest absolute Gasteiger partial charge is 0.221 e. The van der Waals surface area contributed by atoms with Gasteiger partial charge in [0.15, 0.2) is 0 Å². The van der Waals surface area contributed by atoms with Crippen LogP contribution in [0.25, 0.3) is 0 Å². The summed E-state index contributed by atoms with van der Waals surface area (Å²) in [7, 11) is 0. The summed E-state index contributed by atoms with van der Waals surface area (Å²) < 4.78 is 7.69. The number of imidazole rings is 1. The molecular weight excluding hydrogens is 320 g/mol. The second-order valence-corrected chi connectivity index (χ2v) is 4.87. The van der Waals surface area contributed by atoms with Crippen LogP contribution >= 0.6 is 15.9 Å². The molecule has 0 unspecified atom stereocenters. The van der Waals surface area contributed by atoms with Gasteiger partial charge in [0, 0.05) is 0 Å². The number of nitrogen functional groups attached to an aromatic ring is 1. The van der Waals surface area contributed by atoms with Crippen LogP contribution in [0.3, 0.4) is 0 Å². The molecule has 2 aromatic rings. The van der Waals surface area contributed by atoms with E-state index < -0.39 is 0 Å². The van der Waals surface area contributed by atoms with Crippen LogP contribution < -0.4 is 10.5 Å². The minimum Gasteiger partial charge on any atom is -0.480 e. The Bertz CT molecular complexity index is 685. The molecule has 0 aliphatic heterocycles. The number of halogens is 1. The zero-order chi connectivity index (χ0) is 14.5. The zero-order valence-electron chi connectivity index (χ0n) is 10.9. The first kappa shape index (κ1) is 14.2. The molecule has 0 saturated heterocycles. The Morgan fingerprint density at radius 1 is 1.60 bits per heavy atom. The van der Waals surface area contributed by atoms with Crippen LogP contribution in [0.15, 0.2) is 34.0 Å². The Kier molecular flexibility index (Phi) is 4.43. The molecule has 0 aliphatic carbocycles. The number of anilines is 1. The molecule has 0 fully saturated rings. The summed E-state index contributed by atoms with van der Waals surface area (Å²) in [4.78, 5) is 4.07. The van der Waals surface area contributed by atoms with Crippen molar-refractivity contribution in [1.29, 1.82) is 0 Å². The number of aryl methyl sites for hydroxylation is 1. The van der Waals surface area contributed by atoms with Gasteiger partial charge in [0.05, 0.1) is 22.6 Å². The topological polar surface area (TPSA) is 65.4 Å². The van der Waals surface area contributed by atoms with Crippen molar-refractivity contribution < 1.29 is 4.74 Å². The molecule has 6 heteroatoms. The van der Waals surface area contributed by atoms with Crippen LogP contribution in [-0.4, -0.2) is 22.5 Å². The summed E-state index contributed by atoms with van der Waals surface area (Å²) >= 11 is 3.42. The van der Waals surface area contributed by atoms with E-state index in [1.165, 1.54) is 4.68 Å². The number of rotatable bonds is 4. The van der Waals surface area contributed by atoms with Crippen molar-refractivity contribution in [1.82, 2.24) is 9.66 Å². The second-order valence-electron chi connectivity index (χ2n) is 4.01. The van der Waals surface area contributed by atoms with Crippen molar-refractivity contribution in [2.45, 2.75) is 6.92 Å². The third-order valence-electron chi connectivity index (χ3n) is 2.43. The van der Waals surface area contributed by atoms with E-state index in [9.17, 15) is 0 Å². The van der Waals surface area contributed by atoms with Gasteiger partial charge < -0.3 is 10.5 Å². The van der Waals surface area contributed by atoms with Crippen molar-refractivity contribution >= 4 is 28.1 Å². The van der Waals surface area contributed by atoms with Crippen molar-refractivity contribution in [3.63, 3.8) is 0 Å². The first-order chi connectivity index (χ1) is 9.60. The molecule has 5 nitrogen and oxygen atoms in total. The first-order valence-corrected chi connectivity index (χ1v) is 6.61. The summed E-state index contributed by atoms with van der Waals surface area (Å²) in [5.74, 6) is 3.47. The van der Waals surface area contributed by atoms with Crippen LogP contribution in [0.5, 0.6) is 5.75 Å². The lowest BCUT2D eigenvalue weighted by molar-refractivity contribution is 0.368. The fourth-order valence-corrected chi connectivity index (χ4v) is 2.07. The summed E-state index contributed by atoms with van der Waals surface area (Å²) in [6, 6.07) is 5.58. The van der Waals surface area contributed by atoms with Crippen molar-refractivity contribution in [3.05, 3.63) is 40.1 Å². The lowest BCUT2D eigenvalue weighted by Gasteiger charge is -2.05. The number of nitrogens with zero attached hydrogens (tertiary/aromatic N) is 3. The standard InChI is InChI=1S/C14H13BrN4O/c1-3-6-20-13-5-4-11(7-12(13)15)8-17-19-9-10(2)18-14(19)16/h1,4-5,7-9H,6H2,2H3,(H2,16,18). The minimum atomic E-state index is 0.233. The summed E-state index contributed by atoms with van der Waals surface area (Å²) in [5, 5.41) is 4.24. The fraction of sp³-hybridized carbons (Fsp3) is 0.143. The number of aromatic nitrogens is 2. The van der Waals surface area contributed by atoms with E-state index >= 15 is 0 Å². The number of hydrogen-bond donors (Lipinski definition) is 1. The van der Waals surface area contributed by atoms with E-state index in [4.69, 9.17) is 16.9 Å². The minimum absolute atomic E-state index is 0.233. The molecule has 0 amide bonds. The number of benzene rings is 1. The molecule has 1 aromatic heterocycles. The maximum absolute atomic E-state index is 5.70. The predicted molar refractivity (Wildman–Crippen MR) is 82.8 cm³/mol. The van der Waals surface area contributed by atoms with Crippen molar-refractivity contribution in [2.24, 2.45) is 5.10 Å². The van der Waals surface area contributed by atoms with Crippen LogP contribution in [-0.2, 0) is 0 Å². The molecule has 0 atom stereocenters. The van der Waals surface area contributed by atoms with E-state index in [-0.39, 0.29) is 6.61 Å². The Balaban J connectivity index is 2.16. The predicted octanol–water partition coefficient (Wildman–Crippen LogP) is 2.43. The molecule has 0 spiro atoms. The molecular formula is C14H13BrN4O. The highest BCUT2D eigenvalue weighted by atomic mass is 79.9. The van der Waals surface area contributed by atoms with Gasteiger partial charge in [0.1, 0.15) is 12.4 Å². The number of hydrogen-bond acceptors (Lipinski definition) is 4. The number of nitrogens with two attached hydrogens (primary N) is 1. The largest absolute Gasteiger partial charge is 0.480 e. The van der Waals surface area contributed by atoms with Gasteiger partial charge in [-0.2, -0.15) is 5.10 Å². The third-order valence-corrected chi connectivity index (χ3v) is 3.05. The Morgan fingerprint density at radius 3 is 3.00 bits per heavy atom. The molecule has 0 saturated carbocycles. The normalized spacial score (nSPS) is 10.7. The first-order valence-electron chi connectivity index (χ1n) is 5.82. The quantitative estimate of drug-likeness (QED) is 0.690. The fourth-order valence-electron chi connectivity index (χ4n) is 1.56. The molecule has 0 radical (unpaired) electrons.